The van der Waals surface area contributed by atoms with Crippen molar-refractivity contribution in [3.8, 4) is 0 Å². The van der Waals surface area contributed by atoms with Crippen molar-refractivity contribution in [2.45, 2.75) is 6.54 Å². The lowest BCUT2D eigenvalue weighted by Gasteiger charge is -2.04. The van der Waals surface area contributed by atoms with Gasteiger partial charge in [0.2, 0.25) is 5.91 Å². The van der Waals surface area contributed by atoms with Gasteiger partial charge in [0.25, 0.3) is 5.56 Å². The van der Waals surface area contributed by atoms with E-state index >= 15 is 0 Å². The van der Waals surface area contributed by atoms with E-state index in [1.165, 1.54) is 33.7 Å². The first-order valence-electron chi connectivity index (χ1n) is 7.69. The Labute approximate surface area is 146 Å². The Hall–Kier alpha value is -2.99. The third-order valence-corrected chi connectivity index (χ3v) is 5.07. The summed E-state index contributed by atoms with van der Waals surface area (Å²) < 4.78 is 15.5. The Morgan fingerprint density at radius 3 is 2.72 bits per heavy atom. The number of fused-ring (bicyclic) bond motifs is 3. The molecule has 0 radical (unpaired) electrons. The highest BCUT2D eigenvalue weighted by Crippen LogP contribution is 2.27. The molecule has 0 spiro atoms. The predicted octanol–water partition coefficient (Wildman–Crippen LogP) is 3.99. The maximum absolute atomic E-state index is 13.2. The summed E-state index contributed by atoms with van der Waals surface area (Å²) in [5.74, 6) is -0.799. The summed E-state index contributed by atoms with van der Waals surface area (Å²) in [5, 5.41) is 5.25. The number of rotatable bonds is 3. The van der Waals surface area contributed by atoms with Crippen molar-refractivity contribution < 1.29 is 9.18 Å². The van der Waals surface area contributed by atoms with Crippen LogP contribution in [-0.4, -0.2) is 9.86 Å². The summed E-state index contributed by atoms with van der Waals surface area (Å²) in [5.41, 5.74) is 0.171. The number of anilines is 1. The van der Waals surface area contributed by atoms with Crippen LogP contribution in [0.25, 0.3) is 20.9 Å². The molecule has 4 rings (SSSR count). The van der Waals surface area contributed by atoms with Crippen LogP contribution in [0, 0.1) is 5.82 Å². The van der Waals surface area contributed by atoms with Gasteiger partial charge in [-0.3, -0.25) is 13.5 Å². The molecule has 1 aromatic heterocycles. The summed E-state index contributed by atoms with van der Waals surface area (Å²) in [6.45, 7) is -0.108. The normalized spacial score (nSPS) is 11.1. The van der Waals surface area contributed by atoms with Gasteiger partial charge in [-0.25, -0.2) is 4.39 Å². The Balaban J connectivity index is 1.67. The third kappa shape index (κ3) is 2.92. The molecule has 4 aromatic rings. The van der Waals surface area contributed by atoms with Gasteiger partial charge in [0.1, 0.15) is 12.4 Å². The molecule has 0 aliphatic rings. The predicted molar refractivity (Wildman–Crippen MR) is 98.6 cm³/mol. The highest BCUT2D eigenvalue weighted by Gasteiger charge is 2.13. The van der Waals surface area contributed by atoms with Crippen LogP contribution in [0.3, 0.4) is 0 Å². The number of hydrogen-bond donors (Lipinski definition) is 1. The molecule has 3 aromatic carbocycles. The van der Waals surface area contributed by atoms with Crippen molar-refractivity contribution in [3.05, 3.63) is 76.8 Å². The molecule has 0 aliphatic heterocycles. The van der Waals surface area contributed by atoms with E-state index in [1.54, 1.807) is 12.1 Å². The van der Waals surface area contributed by atoms with E-state index in [4.69, 9.17) is 0 Å². The molecule has 25 heavy (non-hydrogen) atoms. The number of carbonyl (C=O) groups is 1. The molecule has 124 valence electrons. The third-order valence-electron chi connectivity index (χ3n) is 3.93. The Morgan fingerprint density at radius 2 is 1.88 bits per heavy atom. The number of nitrogens with one attached hydrogen (secondary N) is 1. The van der Waals surface area contributed by atoms with Gasteiger partial charge >= 0.3 is 0 Å². The second-order valence-electron chi connectivity index (χ2n) is 5.65. The average Bonchev–Trinajstić information content (AvgIpc) is 2.91. The minimum absolute atomic E-state index is 0.108. The van der Waals surface area contributed by atoms with Crippen LogP contribution in [0.5, 0.6) is 0 Å². The van der Waals surface area contributed by atoms with Gasteiger partial charge in [0, 0.05) is 11.1 Å². The SMILES string of the molecule is O=C(Cn1sc2c(ccc3ccccc32)c1=O)Nc1cccc(F)c1. The van der Waals surface area contributed by atoms with E-state index < -0.39 is 5.82 Å². The minimum Gasteiger partial charge on any atom is -0.324 e. The average molecular weight is 352 g/mol. The number of nitrogens with zero attached hydrogens (tertiary/aromatic N) is 1. The quantitative estimate of drug-likeness (QED) is 0.606. The van der Waals surface area contributed by atoms with Crippen LogP contribution in [0.4, 0.5) is 10.1 Å². The zero-order chi connectivity index (χ0) is 17.4. The topological polar surface area (TPSA) is 51.1 Å². The second kappa shape index (κ2) is 6.14. The van der Waals surface area contributed by atoms with E-state index in [2.05, 4.69) is 5.32 Å². The van der Waals surface area contributed by atoms with Gasteiger partial charge in [0.15, 0.2) is 0 Å². The van der Waals surface area contributed by atoms with Crippen molar-refractivity contribution in [2.24, 2.45) is 0 Å². The maximum atomic E-state index is 13.2. The monoisotopic (exact) mass is 352 g/mol. The summed E-state index contributed by atoms with van der Waals surface area (Å²) in [6, 6.07) is 17.2. The van der Waals surface area contributed by atoms with Gasteiger partial charge < -0.3 is 5.32 Å². The van der Waals surface area contributed by atoms with Crippen molar-refractivity contribution in [1.82, 2.24) is 3.96 Å². The molecule has 0 fully saturated rings. The van der Waals surface area contributed by atoms with Gasteiger partial charge in [-0.05, 0) is 29.7 Å². The van der Waals surface area contributed by atoms with Gasteiger partial charge in [-0.2, -0.15) is 0 Å². The molecule has 0 atom stereocenters. The second-order valence-corrected chi connectivity index (χ2v) is 6.69. The van der Waals surface area contributed by atoms with Crippen molar-refractivity contribution in [3.63, 3.8) is 0 Å². The molecule has 1 heterocycles. The van der Waals surface area contributed by atoms with E-state index in [0.717, 1.165) is 15.5 Å². The van der Waals surface area contributed by atoms with Gasteiger partial charge in [-0.1, -0.05) is 47.9 Å². The maximum Gasteiger partial charge on any atom is 0.269 e. The number of hydrogen-bond acceptors (Lipinski definition) is 3. The zero-order valence-corrected chi connectivity index (χ0v) is 13.8. The largest absolute Gasteiger partial charge is 0.324 e. The van der Waals surface area contributed by atoms with E-state index in [1.807, 2.05) is 30.3 Å². The molecular weight excluding hydrogens is 339 g/mol. The molecule has 1 N–H and O–H groups in total. The van der Waals surface area contributed by atoms with Crippen LogP contribution in [0.2, 0.25) is 0 Å². The highest BCUT2D eigenvalue weighted by molar-refractivity contribution is 7.15. The molecule has 1 amide bonds. The highest BCUT2D eigenvalue weighted by atomic mass is 32.1. The lowest BCUT2D eigenvalue weighted by Crippen LogP contribution is -2.23. The van der Waals surface area contributed by atoms with Crippen LogP contribution < -0.4 is 10.9 Å². The van der Waals surface area contributed by atoms with Crippen molar-refractivity contribution in [2.75, 3.05) is 5.32 Å². The number of benzene rings is 3. The van der Waals surface area contributed by atoms with Gasteiger partial charge in [0.05, 0.1) is 10.1 Å². The fourth-order valence-corrected chi connectivity index (χ4v) is 3.92. The van der Waals surface area contributed by atoms with Gasteiger partial charge in [-0.15, -0.1) is 0 Å². The summed E-state index contributed by atoms with van der Waals surface area (Å²) in [4.78, 5) is 24.7. The molecule has 0 aliphatic carbocycles. The molecule has 0 saturated heterocycles. The van der Waals surface area contributed by atoms with E-state index in [9.17, 15) is 14.0 Å². The zero-order valence-electron chi connectivity index (χ0n) is 13.0. The molecule has 0 saturated carbocycles. The first-order valence-corrected chi connectivity index (χ1v) is 8.46. The Morgan fingerprint density at radius 1 is 1.04 bits per heavy atom. The Kier molecular flexibility index (Phi) is 3.82. The minimum atomic E-state index is -0.428. The summed E-state index contributed by atoms with van der Waals surface area (Å²) in [6.07, 6.45) is 0. The first-order chi connectivity index (χ1) is 12.1. The molecule has 0 unspecified atom stereocenters. The summed E-state index contributed by atoms with van der Waals surface area (Å²) in [7, 11) is 0. The van der Waals surface area contributed by atoms with Crippen LogP contribution in [0.1, 0.15) is 0 Å². The van der Waals surface area contributed by atoms with Crippen molar-refractivity contribution >= 4 is 44.0 Å². The number of amides is 1. The smallest absolute Gasteiger partial charge is 0.269 e. The Bertz CT molecular complexity index is 1160. The fourth-order valence-electron chi connectivity index (χ4n) is 2.80. The summed E-state index contributed by atoms with van der Waals surface area (Å²) >= 11 is 1.26. The first kappa shape index (κ1) is 15.5. The number of aromatic nitrogens is 1. The number of carbonyl (C=O) groups excluding carboxylic acids is 1. The lowest BCUT2D eigenvalue weighted by atomic mass is 10.1. The molecule has 6 heteroatoms. The standard InChI is InChI=1S/C19H13FN2O2S/c20-13-5-3-6-14(10-13)21-17(23)11-22-19(24)16-9-8-12-4-1-2-7-15(12)18(16)25-22/h1-10H,11H2,(H,21,23). The van der Waals surface area contributed by atoms with Crippen LogP contribution in [-0.2, 0) is 11.3 Å². The molecule has 0 bridgehead atoms. The van der Waals surface area contributed by atoms with Crippen molar-refractivity contribution in [1.29, 1.82) is 0 Å². The van der Waals surface area contributed by atoms with E-state index in [0.29, 0.717) is 11.1 Å². The number of halogens is 1. The molecular formula is C19H13FN2O2S. The van der Waals surface area contributed by atoms with E-state index in [-0.39, 0.29) is 18.0 Å². The lowest BCUT2D eigenvalue weighted by molar-refractivity contribution is -0.116. The van der Waals surface area contributed by atoms with Crippen LogP contribution >= 0.6 is 11.5 Å². The van der Waals surface area contributed by atoms with Crippen LogP contribution in [0.15, 0.2) is 65.5 Å². The fraction of sp³-hybridized carbons (Fsp3) is 0.0526. The molecule has 4 nitrogen and oxygen atoms in total.